The number of hydrogen-bond acceptors (Lipinski definition) is 3. The number of benzene rings is 1. The number of aromatic hydroxyl groups is 1. The van der Waals surface area contributed by atoms with Crippen LogP contribution >= 0.6 is 22.6 Å². The number of halogens is 1. The fraction of sp³-hybridized carbons (Fsp3) is 0.300. The van der Waals surface area contributed by atoms with Crippen LogP contribution in [-0.4, -0.2) is 24.0 Å². The fourth-order valence-corrected chi connectivity index (χ4v) is 1.97. The van der Waals surface area contributed by atoms with Gasteiger partial charge in [0.1, 0.15) is 11.6 Å². The van der Waals surface area contributed by atoms with Gasteiger partial charge in [-0.3, -0.25) is 4.99 Å². The van der Waals surface area contributed by atoms with Gasteiger partial charge in [0.2, 0.25) is 0 Å². The molecule has 0 saturated carbocycles. The monoisotopic (exact) mass is 302 g/mol. The number of amidine groups is 1. The third kappa shape index (κ3) is 2.17. The van der Waals surface area contributed by atoms with Crippen LogP contribution in [0.3, 0.4) is 0 Å². The van der Waals surface area contributed by atoms with Gasteiger partial charge in [0.25, 0.3) is 0 Å². The van der Waals surface area contributed by atoms with Gasteiger partial charge in [-0.2, -0.15) is 0 Å². The van der Waals surface area contributed by atoms with Crippen LogP contribution in [0.5, 0.6) is 5.75 Å². The Morgan fingerprint density at radius 2 is 2.36 bits per heavy atom. The van der Waals surface area contributed by atoms with Gasteiger partial charge >= 0.3 is 0 Å². The van der Waals surface area contributed by atoms with Crippen molar-refractivity contribution in [2.75, 3.05) is 13.1 Å². The largest absolute Gasteiger partial charge is 0.508 e. The molecule has 2 rings (SSSR count). The number of hydrogen-bond donors (Lipinski definition) is 2. The van der Waals surface area contributed by atoms with E-state index in [-0.39, 0.29) is 0 Å². The normalized spacial score (nSPS) is 15.1. The van der Waals surface area contributed by atoms with Crippen molar-refractivity contribution in [2.24, 2.45) is 4.99 Å². The minimum absolute atomic E-state index is 0.319. The number of phenolic OH excluding ortho intramolecular Hbond substituents is 1. The smallest absolute Gasteiger partial charge is 0.115 e. The SMILES string of the molecule is Oc1ccc(I)c(CC2=NCCN2)c1. The lowest BCUT2D eigenvalue weighted by molar-refractivity contribution is 0.474. The quantitative estimate of drug-likeness (QED) is 0.814. The molecule has 0 saturated heterocycles. The summed E-state index contributed by atoms with van der Waals surface area (Å²) in [7, 11) is 0. The number of rotatable bonds is 2. The Kier molecular flexibility index (Phi) is 2.90. The van der Waals surface area contributed by atoms with Crippen LogP contribution in [0.15, 0.2) is 23.2 Å². The van der Waals surface area contributed by atoms with Gasteiger partial charge in [0.05, 0.1) is 6.54 Å². The van der Waals surface area contributed by atoms with Gasteiger partial charge in [-0.1, -0.05) is 0 Å². The van der Waals surface area contributed by atoms with E-state index in [1.807, 2.05) is 6.07 Å². The summed E-state index contributed by atoms with van der Waals surface area (Å²) in [6.45, 7) is 1.80. The van der Waals surface area contributed by atoms with Crippen molar-refractivity contribution in [1.82, 2.24) is 5.32 Å². The van der Waals surface area contributed by atoms with Crippen molar-refractivity contribution >= 4 is 28.4 Å². The third-order valence-electron chi connectivity index (χ3n) is 2.13. The number of nitrogens with zero attached hydrogens (tertiary/aromatic N) is 1. The molecule has 0 bridgehead atoms. The molecule has 1 aromatic carbocycles. The Morgan fingerprint density at radius 1 is 1.50 bits per heavy atom. The van der Waals surface area contributed by atoms with Crippen molar-refractivity contribution in [1.29, 1.82) is 0 Å². The van der Waals surface area contributed by atoms with Crippen LogP contribution in [0.25, 0.3) is 0 Å². The predicted molar refractivity (Wildman–Crippen MR) is 64.8 cm³/mol. The lowest BCUT2D eigenvalue weighted by Crippen LogP contribution is -2.20. The van der Waals surface area contributed by atoms with Gasteiger partial charge in [0, 0.05) is 16.5 Å². The highest BCUT2D eigenvalue weighted by Gasteiger charge is 2.08. The molecule has 1 heterocycles. The highest BCUT2D eigenvalue weighted by Crippen LogP contribution is 2.19. The summed E-state index contributed by atoms with van der Waals surface area (Å²) in [5.74, 6) is 1.34. The van der Waals surface area contributed by atoms with Crippen LogP contribution in [0, 0.1) is 3.57 Å². The molecular formula is C10H11IN2O. The average Bonchev–Trinajstić information content (AvgIpc) is 2.64. The second-order valence-electron chi connectivity index (χ2n) is 3.21. The van der Waals surface area contributed by atoms with Gasteiger partial charge in [-0.05, 0) is 46.4 Å². The zero-order chi connectivity index (χ0) is 9.97. The maximum Gasteiger partial charge on any atom is 0.115 e. The van der Waals surface area contributed by atoms with Gasteiger partial charge in [-0.15, -0.1) is 0 Å². The maximum atomic E-state index is 9.35. The van der Waals surface area contributed by atoms with Gasteiger partial charge in [-0.25, -0.2) is 0 Å². The highest BCUT2D eigenvalue weighted by molar-refractivity contribution is 14.1. The molecule has 0 atom stereocenters. The zero-order valence-corrected chi connectivity index (χ0v) is 9.78. The Balaban J connectivity index is 2.19. The fourth-order valence-electron chi connectivity index (χ4n) is 1.44. The first-order chi connectivity index (χ1) is 6.75. The molecule has 3 nitrogen and oxygen atoms in total. The second-order valence-corrected chi connectivity index (χ2v) is 4.37. The summed E-state index contributed by atoms with van der Waals surface area (Å²) in [6, 6.07) is 5.42. The molecular weight excluding hydrogens is 291 g/mol. The van der Waals surface area contributed by atoms with Crippen molar-refractivity contribution in [3.8, 4) is 5.75 Å². The summed E-state index contributed by atoms with van der Waals surface area (Å²) < 4.78 is 1.16. The van der Waals surface area contributed by atoms with Crippen LogP contribution in [0.1, 0.15) is 5.56 Å². The van der Waals surface area contributed by atoms with Crippen molar-refractivity contribution in [3.63, 3.8) is 0 Å². The van der Waals surface area contributed by atoms with E-state index in [1.54, 1.807) is 12.1 Å². The van der Waals surface area contributed by atoms with E-state index < -0.39 is 0 Å². The average molecular weight is 302 g/mol. The van der Waals surface area contributed by atoms with Crippen molar-refractivity contribution < 1.29 is 5.11 Å². The van der Waals surface area contributed by atoms with E-state index in [1.165, 1.54) is 0 Å². The molecule has 4 heteroatoms. The molecule has 0 unspecified atom stereocenters. The molecule has 0 spiro atoms. The van der Waals surface area contributed by atoms with Crippen molar-refractivity contribution in [2.45, 2.75) is 6.42 Å². The zero-order valence-electron chi connectivity index (χ0n) is 7.63. The molecule has 1 aromatic rings. The summed E-state index contributed by atoms with van der Waals surface area (Å²) in [4.78, 5) is 4.32. The van der Waals surface area contributed by atoms with E-state index in [0.29, 0.717) is 5.75 Å². The molecule has 0 radical (unpaired) electrons. The Morgan fingerprint density at radius 3 is 3.07 bits per heavy atom. The Labute approximate surface area is 96.4 Å². The van der Waals surface area contributed by atoms with E-state index in [9.17, 15) is 5.11 Å². The third-order valence-corrected chi connectivity index (χ3v) is 3.18. The first-order valence-corrected chi connectivity index (χ1v) is 5.58. The first kappa shape index (κ1) is 9.76. The maximum absolute atomic E-state index is 9.35. The van der Waals surface area contributed by atoms with E-state index >= 15 is 0 Å². The molecule has 2 N–H and O–H groups in total. The molecule has 14 heavy (non-hydrogen) atoms. The molecule has 0 aromatic heterocycles. The lowest BCUT2D eigenvalue weighted by Gasteiger charge is -2.05. The number of aliphatic imine (C=N–C) groups is 1. The highest BCUT2D eigenvalue weighted by atomic mass is 127. The standard InChI is InChI=1S/C10H11IN2O/c11-9-2-1-8(14)5-7(9)6-10-12-3-4-13-10/h1-2,5,14H,3-4,6H2,(H,12,13). The van der Waals surface area contributed by atoms with Crippen LogP contribution in [0.2, 0.25) is 0 Å². The molecule has 1 aliphatic heterocycles. The van der Waals surface area contributed by atoms with E-state index in [4.69, 9.17) is 0 Å². The van der Waals surface area contributed by atoms with Crippen LogP contribution in [0.4, 0.5) is 0 Å². The first-order valence-electron chi connectivity index (χ1n) is 4.50. The Hall–Kier alpha value is -0.780. The summed E-state index contributed by atoms with van der Waals surface area (Å²) >= 11 is 2.27. The van der Waals surface area contributed by atoms with E-state index in [0.717, 1.165) is 34.5 Å². The molecule has 0 amide bonds. The molecule has 0 fully saturated rings. The number of nitrogens with one attached hydrogen (secondary N) is 1. The van der Waals surface area contributed by atoms with Crippen LogP contribution < -0.4 is 5.32 Å². The summed E-state index contributed by atoms with van der Waals surface area (Å²) in [6.07, 6.45) is 0.784. The van der Waals surface area contributed by atoms with Crippen LogP contribution in [-0.2, 0) is 6.42 Å². The predicted octanol–water partition coefficient (Wildman–Crippen LogP) is 1.54. The molecule has 0 aliphatic carbocycles. The molecule has 1 aliphatic rings. The minimum atomic E-state index is 0.319. The van der Waals surface area contributed by atoms with E-state index in [2.05, 4.69) is 32.9 Å². The van der Waals surface area contributed by atoms with Crippen molar-refractivity contribution in [3.05, 3.63) is 27.3 Å². The Bertz CT molecular complexity index is 376. The molecule has 74 valence electrons. The minimum Gasteiger partial charge on any atom is -0.508 e. The van der Waals surface area contributed by atoms with Gasteiger partial charge in [0.15, 0.2) is 0 Å². The lowest BCUT2D eigenvalue weighted by atomic mass is 10.1. The number of phenols is 1. The van der Waals surface area contributed by atoms with Gasteiger partial charge < -0.3 is 10.4 Å². The topological polar surface area (TPSA) is 44.6 Å². The summed E-state index contributed by atoms with van der Waals surface area (Å²) in [5, 5.41) is 12.6. The summed E-state index contributed by atoms with van der Waals surface area (Å²) in [5.41, 5.74) is 1.12. The second kappa shape index (κ2) is 4.16.